The van der Waals surface area contributed by atoms with Gasteiger partial charge in [0.1, 0.15) is 17.3 Å². The lowest BCUT2D eigenvalue weighted by atomic mass is 9.93. The molecular weight excluding hydrogens is 389 g/mol. The summed E-state index contributed by atoms with van der Waals surface area (Å²) >= 11 is 0. The summed E-state index contributed by atoms with van der Waals surface area (Å²) in [6.07, 6.45) is 0.995. The summed E-state index contributed by atoms with van der Waals surface area (Å²) in [7, 11) is 0. The van der Waals surface area contributed by atoms with Crippen LogP contribution in [0.5, 0.6) is 0 Å². The third-order valence-electron chi connectivity index (χ3n) is 4.76. The molecular formula is C23H15FNO5-. The first kappa shape index (κ1) is 19.3. The van der Waals surface area contributed by atoms with Gasteiger partial charge in [-0.1, -0.05) is 30.3 Å². The minimum Gasteiger partial charge on any atom is -0.550 e. The number of aliphatic carboxylic acids is 1. The predicted octanol–water partition coefficient (Wildman–Crippen LogP) is 2.75. The van der Waals surface area contributed by atoms with E-state index in [-0.39, 0.29) is 23.2 Å². The Morgan fingerprint density at radius 2 is 1.60 bits per heavy atom. The first-order valence-corrected chi connectivity index (χ1v) is 9.17. The molecule has 30 heavy (non-hydrogen) atoms. The van der Waals surface area contributed by atoms with E-state index in [0.717, 1.165) is 4.90 Å². The van der Waals surface area contributed by atoms with Gasteiger partial charge in [0, 0.05) is 30.1 Å². The number of amides is 2. The molecule has 0 fully saturated rings. The van der Waals surface area contributed by atoms with Gasteiger partial charge in [0.15, 0.2) is 0 Å². The van der Waals surface area contributed by atoms with E-state index < -0.39 is 30.0 Å². The van der Waals surface area contributed by atoms with Gasteiger partial charge in [-0.05, 0) is 36.4 Å². The number of hydrogen-bond donors (Lipinski definition) is 0. The zero-order chi connectivity index (χ0) is 21.3. The van der Waals surface area contributed by atoms with Crippen molar-refractivity contribution in [1.82, 2.24) is 4.90 Å². The monoisotopic (exact) mass is 404 g/mol. The Morgan fingerprint density at radius 3 is 2.30 bits per heavy atom. The van der Waals surface area contributed by atoms with Gasteiger partial charge in [-0.15, -0.1) is 0 Å². The van der Waals surface area contributed by atoms with Gasteiger partial charge < -0.3 is 14.3 Å². The van der Waals surface area contributed by atoms with Gasteiger partial charge >= 0.3 is 0 Å². The normalized spacial score (nSPS) is 14.8. The van der Waals surface area contributed by atoms with Crippen molar-refractivity contribution in [2.45, 2.75) is 6.42 Å². The summed E-state index contributed by atoms with van der Waals surface area (Å²) in [6.45, 7) is -0.301. The smallest absolute Gasteiger partial charge is 0.261 e. The van der Waals surface area contributed by atoms with Crippen LogP contribution in [-0.4, -0.2) is 29.2 Å². The SMILES string of the molecule is O=C([O-])CCN1C(=O)C(=Cc2ccc(-c3ccccc3F)o2)c2ccccc2C1=O. The Hall–Kier alpha value is -4.00. The molecule has 0 aliphatic carbocycles. The fourth-order valence-corrected chi connectivity index (χ4v) is 3.33. The third-order valence-corrected chi connectivity index (χ3v) is 4.76. The molecule has 3 aromatic rings. The standard InChI is InChI=1S/C23H16FNO5/c24-19-8-4-3-7-17(19)20-10-9-14(30-20)13-18-15-5-1-2-6-16(15)22(28)25(23(18)29)12-11-21(26)27/h1-10,13H,11-12H2,(H,26,27)/p-1. The van der Waals surface area contributed by atoms with Crippen molar-refractivity contribution in [2.75, 3.05) is 6.54 Å². The molecule has 1 aromatic heterocycles. The van der Waals surface area contributed by atoms with E-state index in [1.54, 1.807) is 54.6 Å². The number of fused-ring (bicyclic) bond motifs is 1. The molecule has 0 atom stereocenters. The first-order chi connectivity index (χ1) is 14.5. The Bertz CT molecular complexity index is 1190. The van der Waals surface area contributed by atoms with Gasteiger partial charge in [0.2, 0.25) is 0 Å². The molecule has 2 aromatic carbocycles. The number of carboxylic acids is 1. The van der Waals surface area contributed by atoms with Crippen molar-refractivity contribution < 1.29 is 28.3 Å². The maximum absolute atomic E-state index is 14.0. The van der Waals surface area contributed by atoms with Crippen molar-refractivity contribution >= 4 is 29.4 Å². The lowest BCUT2D eigenvalue weighted by Gasteiger charge is -2.28. The van der Waals surface area contributed by atoms with E-state index >= 15 is 0 Å². The average Bonchev–Trinajstić information content (AvgIpc) is 3.19. The largest absolute Gasteiger partial charge is 0.550 e. The van der Waals surface area contributed by atoms with Crippen LogP contribution in [0.4, 0.5) is 4.39 Å². The van der Waals surface area contributed by atoms with Crippen LogP contribution in [0.3, 0.4) is 0 Å². The highest BCUT2D eigenvalue weighted by Gasteiger charge is 2.34. The zero-order valence-electron chi connectivity index (χ0n) is 15.6. The zero-order valence-corrected chi connectivity index (χ0v) is 15.6. The molecule has 0 saturated heterocycles. The predicted molar refractivity (Wildman–Crippen MR) is 104 cm³/mol. The minimum absolute atomic E-state index is 0.179. The Labute approximate surface area is 170 Å². The van der Waals surface area contributed by atoms with Gasteiger partial charge in [0.25, 0.3) is 11.8 Å². The maximum Gasteiger partial charge on any atom is 0.261 e. The second-order valence-corrected chi connectivity index (χ2v) is 6.67. The molecule has 2 amide bonds. The summed E-state index contributed by atoms with van der Waals surface area (Å²) in [4.78, 5) is 37.3. The minimum atomic E-state index is -1.36. The fraction of sp³-hybridized carbons (Fsp3) is 0.0870. The van der Waals surface area contributed by atoms with Crippen LogP contribution in [0.1, 0.15) is 28.1 Å². The second kappa shape index (κ2) is 7.79. The second-order valence-electron chi connectivity index (χ2n) is 6.67. The molecule has 7 heteroatoms. The number of carboxylic acid groups (broad SMARTS) is 1. The molecule has 0 radical (unpaired) electrons. The maximum atomic E-state index is 14.0. The van der Waals surface area contributed by atoms with E-state index in [4.69, 9.17) is 4.42 Å². The van der Waals surface area contributed by atoms with Crippen LogP contribution in [0.2, 0.25) is 0 Å². The van der Waals surface area contributed by atoms with Crippen LogP contribution < -0.4 is 5.11 Å². The number of imide groups is 1. The molecule has 0 bridgehead atoms. The van der Waals surface area contributed by atoms with E-state index in [0.29, 0.717) is 17.1 Å². The number of hydrogen-bond acceptors (Lipinski definition) is 5. The molecule has 0 spiro atoms. The number of furan rings is 1. The molecule has 0 N–H and O–H groups in total. The Kier molecular flexibility index (Phi) is 5.02. The first-order valence-electron chi connectivity index (χ1n) is 9.17. The van der Waals surface area contributed by atoms with Crippen LogP contribution in [0.25, 0.3) is 23.0 Å². The Balaban J connectivity index is 1.75. The number of benzene rings is 2. The summed E-state index contributed by atoms with van der Waals surface area (Å²) in [5.41, 5.74) is 1.16. The number of nitrogens with zero attached hydrogens (tertiary/aromatic N) is 1. The van der Waals surface area contributed by atoms with Crippen LogP contribution in [-0.2, 0) is 9.59 Å². The number of halogens is 1. The van der Waals surface area contributed by atoms with E-state index in [1.807, 2.05) is 0 Å². The molecule has 4 rings (SSSR count). The van der Waals surface area contributed by atoms with Crippen LogP contribution in [0.15, 0.2) is 65.1 Å². The van der Waals surface area contributed by atoms with E-state index in [9.17, 15) is 23.9 Å². The highest BCUT2D eigenvalue weighted by Crippen LogP contribution is 2.32. The average molecular weight is 404 g/mol. The highest BCUT2D eigenvalue weighted by atomic mass is 19.1. The lowest BCUT2D eigenvalue weighted by molar-refractivity contribution is -0.305. The molecule has 1 aliphatic heterocycles. The quantitative estimate of drug-likeness (QED) is 0.482. The van der Waals surface area contributed by atoms with Crippen molar-refractivity contribution in [1.29, 1.82) is 0 Å². The molecule has 6 nitrogen and oxygen atoms in total. The summed E-state index contributed by atoms with van der Waals surface area (Å²) in [5.74, 6) is -2.42. The topological polar surface area (TPSA) is 90.7 Å². The summed E-state index contributed by atoms with van der Waals surface area (Å²) in [6, 6.07) is 15.9. The van der Waals surface area contributed by atoms with Gasteiger partial charge in [-0.3, -0.25) is 14.5 Å². The number of carbonyl (C=O) groups is 3. The van der Waals surface area contributed by atoms with E-state index in [1.165, 1.54) is 12.1 Å². The van der Waals surface area contributed by atoms with Gasteiger partial charge in [-0.25, -0.2) is 4.39 Å². The van der Waals surface area contributed by atoms with Crippen molar-refractivity contribution in [3.63, 3.8) is 0 Å². The van der Waals surface area contributed by atoms with E-state index in [2.05, 4.69) is 0 Å². The van der Waals surface area contributed by atoms with Crippen molar-refractivity contribution in [3.05, 3.63) is 83.4 Å². The molecule has 150 valence electrons. The highest BCUT2D eigenvalue weighted by molar-refractivity contribution is 6.33. The van der Waals surface area contributed by atoms with Gasteiger partial charge in [0.05, 0.1) is 11.1 Å². The summed E-state index contributed by atoms with van der Waals surface area (Å²) in [5, 5.41) is 10.8. The summed E-state index contributed by atoms with van der Waals surface area (Å²) < 4.78 is 19.7. The Morgan fingerprint density at radius 1 is 0.933 bits per heavy atom. The molecule has 1 aliphatic rings. The van der Waals surface area contributed by atoms with Crippen molar-refractivity contribution in [2.24, 2.45) is 0 Å². The molecule has 0 unspecified atom stereocenters. The van der Waals surface area contributed by atoms with Crippen molar-refractivity contribution in [3.8, 4) is 11.3 Å². The fourth-order valence-electron chi connectivity index (χ4n) is 3.33. The molecule has 2 heterocycles. The third kappa shape index (κ3) is 3.53. The van der Waals surface area contributed by atoms with Gasteiger partial charge in [-0.2, -0.15) is 0 Å². The number of rotatable bonds is 5. The number of carbonyl (C=O) groups excluding carboxylic acids is 3. The van der Waals surface area contributed by atoms with Crippen LogP contribution >= 0.6 is 0 Å². The lowest BCUT2D eigenvalue weighted by Crippen LogP contribution is -2.43. The van der Waals surface area contributed by atoms with Crippen LogP contribution in [0, 0.1) is 5.82 Å². The molecule has 0 saturated carbocycles.